The molecule has 1 aliphatic carbocycles. The van der Waals surface area contributed by atoms with Gasteiger partial charge in [-0.1, -0.05) is 37.6 Å². The molecule has 2 aromatic carbocycles. The van der Waals surface area contributed by atoms with Gasteiger partial charge in [0, 0.05) is 36.6 Å². The summed E-state index contributed by atoms with van der Waals surface area (Å²) >= 11 is 0. The van der Waals surface area contributed by atoms with Gasteiger partial charge in [-0.3, -0.25) is 24.8 Å². The number of aldehydes is 1. The third-order valence-electron chi connectivity index (χ3n) is 5.96. The monoisotopic (exact) mass is 563 g/mol. The first kappa shape index (κ1) is 32.5. The maximum atomic E-state index is 12.7. The predicted molar refractivity (Wildman–Crippen MR) is 162 cm³/mol. The van der Waals surface area contributed by atoms with E-state index in [0.29, 0.717) is 42.9 Å². The van der Waals surface area contributed by atoms with Crippen LogP contribution in [0.5, 0.6) is 0 Å². The van der Waals surface area contributed by atoms with Crippen molar-refractivity contribution < 1.29 is 19.1 Å². The molecule has 0 unspecified atom stereocenters. The molecule has 11 nitrogen and oxygen atoms in total. The van der Waals surface area contributed by atoms with E-state index in [9.17, 15) is 14.4 Å². The van der Waals surface area contributed by atoms with Crippen LogP contribution in [0.3, 0.4) is 0 Å². The van der Waals surface area contributed by atoms with Gasteiger partial charge in [0.05, 0.1) is 24.9 Å². The van der Waals surface area contributed by atoms with Gasteiger partial charge in [-0.25, -0.2) is 0 Å². The summed E-state index contributed by atoms with van der Waals surface area (Å²) in [5.74, 6) is 0.0845. The molecule has 1 aliphatic rings. The maximum absolute atomic E-state index is 12.7. The number of nitrogen functional groups attached to an aromatic ring is 2. The number of unbranched alkanes of at least 4 members (excludes halogenated alkanes) is 1. The molecule has 1 amide bonds. The van der Waals surface area contributed by atoms with E-state index >= 15 is 0 Å². The van der Waals surface area contributed by atoms with Gasteiger partial charge in [0.1, 0.15) is 5.84 Å². The van der Waals surface area contributed by atoms with Crippen molar-refractivity contribution in [3.63, 3.8) is 0 Å². The van der Waals surface area contributed by atoms with Gasteiger partial charge < -0.3 is 31.7 Å². The second kappa shape index (κ2) is 17.1. The molecule has 0 aliphatic heterocycles. The first-order valence-electron chi connectivity index (χ1n) is 13.5. The van der Waals surface area contributed by atoms with E-state index in [1.807, 2.05) is 44.2 Å². The van der Waals surface area contributed by atoms with E-state index in [2.05, 4.69) is 20.4 Å². The quantitative estimate of drug-likeness (QED) is 0.0766. The molecule has 0 heterocycles. The molecule has 220 valence electrons. The van der Waals surface area contributed by atoms with Crippen molar-refractivity contribution in [1.29, 1.82) is 5.41 Å². The number of hydrogen-bond acceptors (Lipinski definition) is 8. The number of ether oxygens (including phenoxy) is 1. The number of nitrogens with two attached hydrogens (primary N) is 2. The number of amides is 1. The minimum Gasteiger partial charge on any atom is -0.468 e. The Morgan fingerprint density at radius 3 is 2.44 bits per heavy atom. The van der Waals surface area contributed by atoms with Crippen LogP contribution in [0.2, 0.25) is 0 Å². The summed E-state index contributed by atoms with van der Waals surface area (Å²) in [6, 6.07) is 13.0. The molecule has 3 rings (SSSR count). The largest absolute Gasteiger partial charge is 0.468 e. The zero-order chi connectivity index (χ0) is 30.2. The number of rotatable bonds is 14. The SMILES string of the molecule is CCCCOC=O.Cc1cc(N)cc(/C(=C/NC(C=O)=NC2CC2)N(C)CC(=O)NCc2ccc(C(=N)N)cc2)c1. The summed E-state index contributed by atoms with van der Waals surface area (Å²) in [4.78, 5) is 39.7. The van der Waals surface area contributed by atoms with Gasteiger partial charge in [-0.2, -0.15) is 0 Å². The number of anilines is 1. The molecule has 0 atom stereocenters. The average molecular weight is 564 g/mol. The summed E-state index contributed by atoms with van der Waals surface area (Å²) in [6.45, 7) is 5.48. The lowest BCUT2D eigenvalue weighted by Gasteiger charge is -2.23. The van der Waals surface area contributed by atoms with Crippen molar-refractivity contribution in [2.45, 2.75) is 52.1 Å². The van der Waals surface area contributed by atoms with Gasteiger partial charge in [-0.05, 0) is 55.5 Å². The van der Waals surface area contributed by atoms with Crippen LogP contribution < -0.4 is 22.1 Å². The van der Waals surface area contributed by atoms with Crippen LogP contribution in [0.15, 0.2) is 53.7 Å². The lowest BCUT2D eigenvalue weighted by atomic mass is 10.1. The number of nitrogens with one attached hydrogen (secondary N) is 3. The third-order valence-corrected chi connectivity index (χ3v) is 5.96. The third kappa shape index (κ3) is 12.4. The second-order valence-corrected chi connectivity index (χ2v) is 9.73. The molecule has 0 aromatic heterocycles. The normalized spacial score (nSPS) is 12.9. The van der Waals surface area contributed by atoms with E-state index in [1.165, 1.54) is 0 Å². The van der Waals surface area contributed by atoms with Crippen LogP contribution in [0.1, 0.15) is 54.9 Å². The van der Waals surface area contributed by atoms with E-state index in [-0.39, 0.29) is 30.2 Å². The van der Waals surface area contributed by atoms with Gasteiger partial charge in [0.25, 0.3) is 6.47 Å². The highest BCUT2D eigenvalue weighted by Gasteiger charge is 2.21. The Bertz CT molecular complexity index is 1220. The first-order valence-corrected chi connectivity index (χ1v) is 13.5. The van der Waals surface area contributed by atoms with Crippen LogP contribution in [0.4, 0.5) is 5.69 Å². The predicted octanol–water partition coefficient (Wildman–Crippen LogP) is 2.72. The van der Waals surface area contributed by atoms with Crippen molar-refractivity contribution in [2.24, 2.45) is 10.7 Å². The maximum Gasteiger partial charge on any atom is 0.293 e. The molecule has 7 N–H and O–H groups in total. The zero-order valence-electron chi connectivity index (χ0n) is 24.0. The number of aliphatic imine (C=N–C) groups is 1. The Morgan fingerprint density at radius 2 is 1.88 bits per heavy atom. The summed E-state index contributed by atoms with van der Waals surface area (Å²) in [7, 11) is 1.80. The van der Waals surface area contributed by atoms with Crippen LogP contribution in [-0.2, 0) is 25.7 Å². The highest BCUT2D eigenvalue weighted by atomic mass is 16.5. The van der Waals surface area contributed by atoms with E-state index in [1.54, 1.807) is 30.3 Å². The fourth-order valence-electron chi connectivity index (χ4n) is 3.65. The molecule has 41 heavy (non-hydrogen) atoms. The minimum absolute atomic E-state index is 0.00170. The summed E-state index contributed by atoms with van der Waals surface area (Å²) in [6.07, 6.45) is 6.40. The number of carbonyl (C=O) groups excluding carboxylic acids is 3. The van der Waals surface area contributed by atoms with Crippen molar-refractivity contribution in [3.8, 4) is 0 Å². The molecule has 0 bridgehead atoms. The fraction of sp³-hybridized carbons (Fsp3) is 0.367. The van der Waals surface area contributed by atoms with Gasteiger partial charge in [0.2, 0.25) is 5.91 Å². The Kier molecular flexibility index (Phi) is 13.6. The van der Waals surface area contributed by atoms with Gasteiger partial charge in [0.15, 0.2) is 12.1 Å². The molecular formula is C30H41N7O4. The Balaban J connectivity index is 0.000000745. The van der Waals surface area contributed by atoms with Crippen LogP contribution >= 0.6 is 0 Å². The number of carbonyl (C=O) groups is 3. The Labute approximate surface area is 241 Å². The second-order valence-electron chi connectivity index (χ2n) is 9.73. The van der Waals surface area contributed by atoms with Crippen LogP contribution in [0.25, 0.3) is 5.70 Å². The number of hydrogen-bond donors (Lipinski definition) is 5. The highest BCUT2D eigenvalue weighted by Crippen LogP contribution is 2.24. The number of nitrogens with zero attached hydrogens (tertiary/aromatic N) is 2. The average Bonchev–Trinajstić information content (AvgIpc) is 3.76. The van der Waals surface area contributed by atoms with Crippen molar-refractivity contribution >= 4 is 41.7 Å². The molecule has 2 aromatic rings. The van der Waals surface area contributed by atoms with Gasteiger partial charge >= 0.3 is 0 Å². The Hall–Kier alpha value is -4.67. The molecular weight excluding hydrogens is 522 g/mol. The van der Waals surface area contributed by atoms with E-state index in [4.69, 9.17) is 16.9 Å². The molecule has 11 heteroatoms. The molecule has 0 spiro atoms. The minimum atomic E-state index is -0.174. The van der Waals surface area contributed by atoms with Crippen LogP contribution in [0, 0.1) is 12.3 Å². The Morgan fingerprint density at radius 1 is 1.17 bits per heavy atom. The topological polar surface area (TPSA) is 176 Å². The van der Waals surface area contributed by atoms with Crippen molar-refractivity contribution in [3.05, 3.63) is 70.9 Å². The van der Waals surface area contributed by atoms with Crippen molar-refractivity contribution in [2.75, 3.05) is 25.9 Å². The highest BCUT2D eigenvalue weighted by molar-refractivity contribution is 6.27. The standard InChI is InChI=1S/C25H31N7O2.C5H10O2/c1-16-9-19(11-20(26)10-16)22(13-29-23(15-33)31-21-7-8-21)32(2)14-24(34)30-12-17-3-5-18(6-4-17)25(27)28;1-2-3-4-7-5-6/h3-6,9-11,13,15,21H,7-8,12,14,26H2,1-2H3,(H3,27,28)(H,29,31)(H,30,34);5H,2-4H2,1H3/b22-13-;. The molecule has 0 saturated heterocycles. The van der Waals surface area contributed by atoms with Gasteiger partial charge in [-0.15, -0.1) is 0 Å². The smallest absolute Gasteiger partial charge is 0.293 e. The van der Waals surface area contributed by atoms with E-state index in [0.717, 1.165) is 42.4 Å². The van der Waals surface area contributed by atoms with Crippen molar-refractivity contribution in [1.82, 2.24) is 15.5 Å². The zero-order valence-corrected chi connectivity index (χ0v) is 24.0. The van der Waals surface area contributed by atoms with E-state index < -0.39 is 0 Å². The summed E-state index contributed by atoms with van der Waals surface area (Å²) in [5.41, 5.74) is 16.2. The first-order chi connectivity index (χ1) is 19.7. The number of likely N-dealkylation sites (N-methyl/N-ethyl adjacent to an activating group) is 1. The molecule has 0 radical (unpaired) electrons. The summed E-state index contributed by atoms with van der Waals surface area (Å²) < 4.78 is 4.39. The lowest BCUT2D eigenvalue weighted by molar-refractivity contribution is -0.128. The number of benzene rings is 2. The van der Waals surface area contributed by atoms with Crippen LogP contribution in [-0.4, -0.2) is 61.5 Å². The lowest BCUT2D eigenvalue weighted by Crippen LogP contribution is -2.34. The molecule has 1 fully saturated rings. The number of amidine groups is 2. The summed E-state index contributed by atoms with van der Waals surface area (Å²) in [5, 5.41) is 13.3. The fourth-order valence-corrected chi connectivity index (χ4v) is 3.65. The molecule has 1 saturated carbocycles. The number of aryl methyl sites for hydroxylation is 1.